The first kappa shape index (κ1) is 13.3. The summed E-state index contributed by atoms with van der Waals surface area (Å²) in [7, 11) is 0. The van der Waals surface area contributed by atoms with Crippen molar-refractivity contribution in [3.8, 4) is 0 Å². The summed E-state index contributed by atoms with van der Waals surface area (Å²) in [6, 6.07) is 9.69. The number of hydrogen-bond donors (Lipinski definition) is 1. The lowest BCUT2D eigenvalue weighted by Crippen LogP contribution is -2.51. The smallest absolute Gasteiger partial charge is 0.191 e. The van der Waals surface area contributed by atoms with Gasteiger partial charge in [-0.2, -0.15) is 0 Å². The average molecular weight is 290 g/mol. The Labute approximate surface area is 123 Å². The molecule has 2 fully saturated rings. The Morgan fingerprint density at radius 1 is 1.14 bits per heavy atom. The molecule has 0 spiro atoms. The third-order valence-corrected chi connectivity index (χ3v) is 4.14. The first-order chi connectivity index (χ1) is 9.98. The molecule has 3 aliphatic heterocycles. The second kappa shape index (κ2) is 4.30. The monoisotopic (exact) mass is 290 g/mol. The van der Waals surface area contributed by atoms with Gasteiger partial charge in [-0.1, -0.05) is 30.3 Å². The summed E-state index contributed by atoms with van der Waals surface area (Å²) < 4.78 is 23.0. The molecule has 0 amide bonds. The summed E-state index contributed by atoms with van der Waals surface area (Å²) in [6.07, 6.45) is 0.118. The zero-order valence-corrected chi connectivity index (χ0v) is 12.0. The minimum Gasteiger partial charge on any atom is -0.490 e. The first-order valence-electron chi connectivity index (χ1n) is 7.12. The third-order valence-electron chi connectivity index (χ3n) is 4.14. The molecule has 3 heterocycles. The second-order valence-corrected chi connectivity index (χ2v) is 6.12. The van der Waals surface area contributed by atoms with Crippen LogP contribution in [-0.4, -0.2) is 41.6 Å². The lowest BCUT2D eigenvalue weighted by molar-refractivity contribution is -0.228. The maximum absolute atomic E-state index is 11.1. The average Bonchev–Trinajstić information content (AvgIpc) is 2.90. The van der Waals surface area contributed by atoms with Crippen LogP contribution in [0.1, 0.15) is 19.4 Å². The largest absolute Gasteiger partial charge is 0.490 e. The van der Waals surface area contributed by atoms with Crippen LogP contribution >= 0.6 is 0 Å². The van der Waals surface area contributed by atoms with E-state index < -0.39 is 29.9 Å². The van der Waals surface area contributed by atoms with Crippen molar-refractivity contribution in [2.24, 2.45) is 0 Å². The summed E-state index contributed by atoms with van der Waals surface area (Å²) in [5.41, 5.74) is -0.312. The molecule has 1 aromatic rings. The van der Waals surface area contributed by atoms with E-state index in [1.165, 1.54) is 0 Å². The lowest BCUT2D eigenvalue weighted by Gasteiger charge is -2.35. The van der Waals surface area contributed by atoms with E-state index in [-0.39, 0.29) is 6.61 Å². The Morgan fingerprint density at radius 3 is 2.67 bits per heavy atom. The molecule has 0 saturated carbocycles. The van der Waals surface area contributed by atoms with Crippen LogP contribution in [-0.2, 0) is 18.9 Å². The number of rotatable bonds is 1. The molecule has 0 aliphatic carbocycles. The molecule has 4 rings (SSSR count). The summed E-state index contributed by atoms with van der Waals surface area (Å²) in [4.78, 5) is 0. The molecule has 0 aromatic heterocycles. The molecule has 0 radical (unpaired) electrons. The van der Waals surface area contributed by atoms with Gasteiger partial charge in [-0.05, 0) is 19.9 Å². The highest BCUT2D eigenvalue weighted by Crippen LogP contribution is 2.46. The van der Waals surface area contributed by atoms with E-state index in [9.17, 15) is 5.11 Å². The minimum absolute atomic E-state index is 0.275. The normalized spacial score (nSPS) is 40.1. The Morgan fingerprint density at radius 2 is 1.90 bits per heavy atom. The van der Waals surface area contributed by atoms with Crippen molar-refractivity contribution < 1.29 is 24.1 Å². The highest BCUT2D eigenvalue weighted by Gasteiger charge is 2.63. The zero-order chi connectivity index (χ0) is 14.7. The number of benzene rings is 1. The molecular formula is C16H18O5. The summed E-state index contributed by atoms with van der Waals surface area (Å²) in [5, 5.41) is 11.1. The Hall–Kier alpha value is -1.40. The number of fused-ring (bicyclic) bond motifs is 3. The molecular weight excluding hydrogens is 272 g/mol. The van der Waals surface area contributed by atoms with Crippen molar-refractivity contribution in [2.45, 2.75) is 43.7 Å². The molecule has 5 nitrogen and oxygen atoms in total. The van der Waals surface area contributed by atoms with Gasteiger partial charge in [0.05, 0.1) is 0 Å². The fraction of sp³-hybridized carbons (Fsp3) is 0.500. The van der Waals surface area contributed by atoms with Crippen molar-refractivity contribution >= 4 is 5.76 Å². The highest BCUT2D eigenvalue weighted by molar-refractivity contribution is 5.62. The Balaban J connectivity index is 1.70. The van der Waals surface area contributed by atoms with Crippen LogP contribution in [0, 0.1) is 0 Å². The van der Waals surface area contributed by atoms with Gasteiger partial charge in [0, 0.05) is 5.56 Å². The van der Waals surface area contributed by atoms with Gasteiger partial charge in [-0.15, -0.1) is 0 Å². The molecule has 1 N–H and O–H groups in total. The van der Waals surface area contributed by atoms with Crippen molar-refractivity contribution in [1.82, 2.24) is 0 Å². The summed E-state index contributed by atoms with van der Waals surface area (Å²) in [6.45, 7) is 3.90. The van der Waals surface area contributed by atoms with Crippen LogP contribution in [0.15, 0.2) is 36.4 Å². The molecule has 112 valence electrons. The molecule has 3 aliphatic rings. The van der Waals surface area contributed by atoms with Crippen LogP contribution in [0.3, 0.4) is 0 Å². The maximum atomic E-state index is 11.1. The van der Waals surface area contributed by atoms with Gasteiger partial charge in [-0.25, -0.2) is 0 Å². The highest BCUT2D eigenvalue weighted by atomic mass is 16.8. The molecule has 5 heteroatoms. The standard InChI is InChI=1S/C16H18O5/c1-15(2)20-13-14(21-15)19-12-9-18-11(8-16(12,13)17)10-6-4-3-5-7-10/h3-8,12-14,17H,9H2,1-2H3/t12-,13+,14-,16-/m1/s1. The van der Waals surface area contributed by atoms with E-state index in [4.69, 9.17) is 18.9 Å². The van der Waals surface area contributed by atoms with Gasteiger partial charge in [0.15, 0.2) is 12.1 Å². The zero-order valence-electron chi connectivity index (χ0n) is 12.0. The van der Waals surface area contributed by atoms with E-state index in [0.717, 1.165) is 5.56 Å². The molecule has 0 unspecified atom stereocenters. The minimum atomic E-state index is -1.23. The van der Waals surface area contributed by atoms with E-state index in [1.54, 1.807) is 6.08 Å². The van der Waals surface area contributed by atoms with Gasteiger partial charge in [0.2, 0.25) is 0 Å². The number of ether oxygens (including phenoxy) is 4. The fourth-order valence-electron chi connectivity index (χ4n) is 3.13. The van der Waals surface area contributed by atoms with Crippen LogP contribution in [0.4, 0.5) is 0 Å². The van der Waals surface area contributed by atoms with Gasteiger partial charge in [0.1, 0.15) is 30.2 Å². The quantitative estimate of drug-likeness (QED) is 0.852. The summed E-state index contributed by atoms with van der Waals surface area (Å²) in [5.74, 6) is -0.110. The number of aliphatic hydroxyl groups is 1. The first-order valence-corrected chi connectivity index (χ1v) is 7.12. The fourth-order valence-corrected chi connectivity index (χ4v) is 3.13. The van der Waals surface area contributed by atoms with Gasteiger partial charge >= 0.3 is 0 Å². The predicted octanol–water partition coefficient (Wildman–Crippen LogP) is 1.67. The van der Waals surface area contributed by atoms with Gasteiger partial charge < -0.3 is 24.1 Å². The number of hydrogen-bond acceptors (Lipinski definition) is 5. The molecule has 0 bridgehead atoms. The molecule has 21 heavy (non-hydrogen) atoms. The second-order valence-electron chi connectivity index (χ2n) is 6.12. The van der Waals surface area contributed by atoms with Crippen molar-refractivity contribution in [1.29, 1.82) is 0 Å². The molecule has 2 saturated heterocycles. The Kier molecular flexibility index (Phi) is 2.72. The summed E-state index contributed by atoms with van der Waals surface area (Å²) >= 11 is 0. The van der Waals surface area contributed by atoms with E-state index >= 15 is 0 Å². The van der Waals surface area contributed by atoms with E-state index in [0.29, 0.717) is 5.76 Å². The van der Waals surface area contributed by atoms with Crippen LogP contribution in [0.25, 0.3) is 5.76 Å². The van der Waals surface area contributed by atoms with Crippen molar-refractivity contribution in [2.75, 3.05) is 6.61 Å². The van der Waals surface area contributed by atoms with Crippen molar-refractivity contribution in [3.05, 3.63) is 42.0 Å². The van der Waals surface area contributed by atoms with E-state index in [2.05, 4.69) is 0 Å². The van der Waals surface area contributed by atoms with Crippen LogP contribution in [0.2, 0.25) is 0 Å². The Bertz CT molecular complexity index is 582. The molecule has 4 atom stereocenters. The van der Waals surface area contributed by atoms with Crippen LogP contribution in [0.5, 0.6) is 0 Å². The van der Waals surface area contributed by atoms with Gasteiger partial charge in [0.25, 0.3) is 0 Å². The predicted molar refractivity (Wildman–Crippen MR) is 74.0 cm³/mol. The van der Waals surface area contributed by atoms with Gasteiger partial charge in [-0.3, -0.25) is 0 Å². The van der Waals surface area contributed by atoms with Crippen LogP contribution < -0.4 is 0 Å². The molecule has 1 aromatic carbocycles. The topological polar surface area (TPSA) is 57.2 Å². The maximum Gasteiger partial charge on any atom is 0.191 e. The van der Waals surface area contributed by atoms with E-state index in [1.807, 2.05) is 44.2 Å². The third kappa shape index (κ3) is 2.00. The lowest BCUT2D eigenvalue weighted by atomic mass is 9.89. The van der Waals surface area contributed by atoms with Crippen molar-refractivity contribution in [3.63, 3.8) is 0 Å². The SMILES string of the molecule is CC1(C)O[C@H]2O[C@@H]3COC(c4ccccc4)=C[C@]3(O)[C@H]2O1.